The number of benzene rings is 1. The summed E-state index contributed by atoms with van der Waals surface area (Å²) in [5.41, 5.74) is 4.31. The minimum absolute atomic E-state index is 1.20. The van der Waals surface area contributed by atoms with Crippen molar-refractivity contribution in [2.45, 2.75) is 33.1 Å². The van der Waals surface area contributed by atoms with Crippen LogP contribution in [0.4, 0.5) is 0 Å². The maximum Gasteiger partial charge on any atom is 0.00453 e. The molecule has 0 radical (unpaired) electrons. The molecule has 0 unspecified atom stereocenters. The van der Waals surface area contributed by atoms with Gasteiger partial charge in [0.25, 0.3) is 0 Å². The van der Waals surface area contributed by atoms with Gasteiger partial charge in [0.2, 0.25) is 0 Å². The predicted octanol–water partition coefficient (Wildman–Crippen LogP) is 4.54. The second kappa shape index (κ2) is 5.31. The zero-order chi connectivity index (χ0) is 11.4. The van der Waals surface area contributed by atoms with Gasteiger partial charge in [0.05, 0.1) is 0 Å². The van der Waals surface area contributed by atoms with Gasteiger partial charge in [-0.2, -0.15) is 0 Å². The Bertz CT molecular complexity index is 440. The summed E-state index contributed by atoms with van der Waals surface area (Å²) >= 11 is 1.87. The Morgan fingerprint density at radius 3 is 2.69 bits per heavy atom. The van der Waals surface area contributed by atoms with Crippen LogP contribution in [0.15, 0.2) is 35.7 Å². The molecule has 0 aliphatic rings. The van der Waals surface area contributed by atoms with E-state index in [9.17, 15) is 0 Å². The van der Waals surface area contributed by atoms with Gasteiger partial charge in [-0.15, -0.1) is 11.3 Å². The first kappa shape index (κ1) is 11.4. The normalized spacial score (nSPS) is 10.6. The van der Waals surface area contributed by atoms with Crippen molar-refractivity contribution in [3.8, 4) is 0 Å². The van der Waals surface area contributed by atoms with E-state index >= 15 is 0 Å². The van der Waals surface area contributed by atoms with Gasteiger partial charge in [0.15, 0.2) is 0 Å². The highest BCUT2D eigenvalue weighted by Gasteiger charge is 2.00. The Kier molecular flexibility index (Phi) is 3.79. The van der Waals surface area contributed by atoms with Crippen molar-refractivity contribution >= 4 is 11.3 Å². The van der Waals surface area contributed by atoms with Crippen LogP contribution in [0.3, 0.4) is 0 Å². The van der Waals surface area contributed by atoms with E-state index in [0.717, 1.165) is 0 Å². The molecule has 0 N–H and O–H groups in total. The van der Waals surface area contributed by atoms with Gasteiger partial charge in [-0.25, -0.2) is 0 Å². The molecule has 0 bridgehead atoms. The molecule has 0 saturated carbocycles. The second-order valence-corrected chi connectivity index (χ2v) is 5.40. The van der Waals surface area contributed by atoms with E-state index in [2.05, 4.69) is 49.6 Å². The Morgan fingerprint density at radius 2 is 1.94 bits per heavy atom. The van der Waals surface area contributed by atoms with E-state index in [1.165, 1.54) is 40.8 Å². The van der Waals surface area contributed by atoms with Crippen molar-refractivity contribution in [2.75, 3.05) is 0 Å². The molecule has 0 nitrogen and oxygen atoms in total. The lowest BCUT2D eigenvalue weighted by molar-refractivity contribution is 0.825. The molecule has 2 rings (SSSR count). The summed E-state index contributed by atoms with van der Waals surface area (Å²) in [5.74, 6) is 0. The molecule has 1 aromatic carbocycles. The van der Waals surface area contributed by atoms with Crippen molar-refractivity contribution in [1.82, 2.24) is 0 Å². The first-order valence-corrected chi connectivity index (χ1v) is 6.72. The van der Waals surface area contributed by atoms with Crippen molar-refractivity contribution in [3.05, 3.63) is 57.3 Å². The smallest absolute Gasteiger partial charge is 0.00453 e. The van der Waals surface area contributed by atoms with Crippen LogP contribution in [0.25, 0.3) is 0 Å². The van der Waals surface area contributed by atoms with Gasteiger partial charge in [0.1, 0.15) is 0 Å². The highest BCUT2D eigenvalue weighted by atomic mass is 32.1. The fourth-order valence-electron chi connectivity index (χ4n) is 1.98. The predicted molar refractivity (Wildman–Crippen MR) is 72.3 cm³/mol. The van der Waals surface area contributed by atoms with E-state index in [0.29, 0.717) is 0 Å². The van der Waals surface area contributed by atoms with Gasteiger partial charge in [0, 0.05) is 4.88 Å². The molecule has 0 saturated heterocycles. The fourth-order valence-corrected chi connectivity index (χ4v) is 2.73. The number of hydrogen-bond acceptors (Lipinski definition) is 1. The lowest BCUT2D eigenvalue weighted by Crippen LogP contribution is -1.92. The summed E-state index contributed by atoms with van der Waals surface area (Å²) in [4.78, 5) is 1.50. The first-order chi connectivity index (χ1) is 7.75. The maximum atomic E-state index is 2.32. The van der Waals surface area contributed by atoms with E-state index < -0.39 is 0 Å². The van der Waals surface area contributed by atoms with Crippen molar-refractivity contribution in [2.24, 2.45) is 0 Å². The maximum absolute atomic E-state index is 2.32. The Hall–Kier alpha value is -1.08. The highest BCUT2D eigenvalue weighted by Crippen LogP contribution is 2.16. The molecule has 0 aliphatic carbocycles. The molecule has 16 heavy (non-hydrogen) atoms. The highest BCUT2D eigenvalue weighted by molar-refractivity contribution is 7.09. The van der Waals surface area contributed by atoms with Crippen molar-refractivity contribution in [3.63, 3.8) is 0 Å². The minimum atomic E-state index is 1.20. The number of hydrogen-bond donors (Lipinski definition) is 0. The van der Waals surface area contributed by atoms with Crippen LogP contribution in [0.5, 0.6) is 0 Å². The number of rotatable bonds is 4. The third kappa shape index (κ3) is 2.96. The Labute approximate surface area is 102 Å². The molecule has 0 fully saturated rings. The minimum Gasteiger partial charge on any atom is -0.149 e. The zero-order valence-corrected chi connectivity index (χ0v) is 10.8. The second-order valence-electron chi connectivity index (χ2n) is 4.36. The first-order valence-electron chi connectivity index (χ1n) is 5.84. The Morgan fingerprint density at radius 1 is 1.06 bits per heavy atom. The average Bonchev–Trinajstić information content (AvgIpc) is 2.76. The fraction of sp³-hybridized carbons (Fsp3) is 0.333. The van der Waals surface area contributed by atoms with Gasteiger partial charge in [-0.3, -0.25) is 0 Å². The summed E-state index contributed by atoms with van der Waals surface area (Å²) in [7, 11) is 0. The third-order valence-corrected chi connectivity index (χ3v) is 3.89. The van der Waals surface area contributed by atoms with E-state index in [1.807, 2.05) is 11.3 Å². The standard InChI is InChI=1S/C15H18S/c1-12-8-9-13(2)14(11-12)5-3-6-15-7-4-10-16-15/h4,7-11H,3,5-6H2,1-2H3. The van der Waals surface area contributed by atoms with Gasteiger partial charge >= 0.3 is 0 Å². The molecular formula is C15H18S. The van der Waals surface area contributed by atoms with Gasteiger partial charge in [-0.05, 0) is 55.7 Å². The van der Waals surface area contributed by atoms with Crippen LogP contribution < -0.4 is 0 Å². The van der Waals surface area contributed by atoms with Crippen LogP contribution in [-0.2, 0) is 12.8 Å². The molecule has 1 heterocycles. The summed E-state index contributed by atoms with van der Waals surface area (Å²) in [5, 5.41) is 2.16. The molecule has 0 amide bonds. The number of aryl methyl sites for hydroxylation is 4. The summed E-state index contributed by atoms with van der Waals surface area (Å²) in [6.45, 7) is 4.38. The van der Waals surface area contributed by atoms with Crippen LogP contribution >= 0.6 is 11.3 Å². The topological polar surface area (TPSA) is 0 Å². The lowest BCUT2D eigenvalue weighted by Gasteiger charge is -2.06. The molecule has 0 atom stereocenters. The van der Waals surface area contributed by atoms with Crippen LogP contribution in [0.1, 0.15) is 28.0 Å². The van der Waals surface area contributed by atoms with E-state index in [-0.39, 0.29) is 0 Å². The van der Waals surface area contributed by atoms with Crippen LogP contribution in [-0.4, -0.2) is 0 Å². The molecule has 2 aromatic rings. The molecule has 0 aliphatic heterocycles. The molecular weight excluding hydrogens is 212 g/mol. The largest absolute Gasteiger partial charge is 0.149 e. The van der Waals surface area contributed by atoms with Gasteiger partial charge < -0.3 is 0 Å². The lowest BCUT2D eigenvalue weighted by atomic mass is 10.0. The molecule has 1 heteroatoms. The van der Waals surface area contributed by atoms with Gasteiger partial charge in [-0.1, -0.05) is 29.8 Å². The monoisotopic (exact) mass is 230 g/mol. The quantitative estimate of drug-likeness (QED) is 0.723. The zero-order valence-electron chi connectivity index (χ0n) is 9.99. The summed E-state index contributed by atoms with van der Waals surface area (Å²) < 4.78 is 0. The van der Waals surface area contributed by atoms with E-state index in [4.69, 9.17) is 0 Å². The SMILES string of the molecule is Cc1ccc(C)c(CCCc2cccs2)c1. The molecule has 1 aromatic heterocycles. The average molecular weight is 230 g/mol. The Balaban J connectivity index is 1.92. The van der Waals surface area contributed by atoms with Crippen molar-refractivity contribution in [1.29, 1.82) is 0 Å². The third-order valence-electron chi connectivity index (χ3n) is 2.95. The molecule has 0 spiro atoms. The van der Waals surface area contributed by atoms with Crippen LogP contribution in [0, 0.1) is 13.8 Å². The van der Waals surface area contributed by atoms with E-state index in [1.54, 1.807) is 0 Å². The molecule has 84 valence electrons. The van der Waals surface area contributed by atoms with Crippen LogP contribution in [0.2, 0.25) is 0 Å². The summed E-state index contributed by atoms with van der Waals surface area (Å²) in [6.07, 6.45) is 3.67. The number of thiophene rings is 1. The summed E-state index contributed by atoms with van der Waals surface area (Å²) in [6, 6.07) is 11.1. The van der Waals surface area contributed by atoms with Crippen molar-refractivity contribution < 1.29 is 0 Å².